The van der Waals surface area contributed by atoms with E-state index >= 15 is 0 Å². The highest BCUT2D eigenvalue weighted by molar-refractivity contribution is 6.33. The Morgan fingerprint density at radius 3 is 2.30 bits per heavy atom. The Bertz CT molecular complexity index is 2190. The van der Waals surface area contributed by atoms with Gasteiger partial charge in [0.25, 0.3) is 5.91 Å². The molecule has 61 heavy (non-hydrogen) atoms. The smallest absolute Gasteiger partial charge is 0.411 e. The standard InChI is InChI=1S/C40H42ClN5O7.C4H6O4/c1-52-36-22-33(31(41)21-26(36)23-42-24-35(48)29-11-13-34(47)39-30(29)12-14-37(49)45-39)43-38(50)17-20-46-18-15-27(16-19-46)53-40(51)44-32-10-6-5-9-28(32)25-7-3-2-4-8-25;5-3(6)1-2-4(7)8/h2-14,21-22,27,30,35,42,47-48H,15-20,23-24H2,1H3,(H,43,50)(H,44,51);1-2H2,(H,5,6)(H,7,8)/t30?,35-;/m0./s1. The van der Waals surface area contributed by atoms with Crippen molar-refractivity contribution in [1.82, 2.24) is 10.2 Å². The van der Waals surface area contributed by atoms with Crippen molar-refractivity contribution in [3.8, 4) is 16.9 Å². The maximum absolute atomic E-state index is 12.9. The number of nitrogens with zero attached hydrogens (tertiary/aromatic N) is 2. The normalized spacial score (nSPS) is 16.7. The number of fused-ring (bicyclic) bond motifs is 1. The number of nitrogens with one attached hydrogen (secondary N) is 3. The van der Waals surface area contributed by atoms with Crippen LogP contribution in [0, 0.1) is 5.92 Å². The van der Waals surface area contributed by atoms with Crippen LogP contribution in [-0.2, 0) is 30.5 Å². The van der Waals surface area contributed by atoms with Gasteiger partial charge < -0.3 is 45.4 Å². The zero-order valence-electron chi connectivity index (χ0n) is 33.4. The van der Waals surface area contributed by atoms with Crippen LogP contribution in [0.1, 0.15) is 37.7 Å². The number of carbonyl (C=O) groups excluding carboxylic acids is 3. The first-order valence-electron chi connectivity index (χ1n) is 19.6. The largest absolute Gasteiger partial charge is 0.506 e. The first-order chi connectivity index (χ1) is 29.3. The first-order valence-corrected chi connectivity index (χ1v) is 19.9. The van der Waals surface area contributed by atoms with Gasteiger partial charge in [-0.1, -0.05) is 72.3 Å². The highest BCUT2D eigenvalue weighted by atomic mass is 35.5. The third-order valence-electron chi connectivity index (χ3n) is 9.96. The van der Waals surface area contributed by atoms with E-state index in [1.165, 1.54) is 19.3 Å². The van der Waals surface area contributed by atoms with Crippen LogP contribution in [0.3, 0.4) is 0 Å². The molecule has 16 nitrogen and oxygen atoms in total. The topological polar surface area (TPSA) is 236 Å². The van der Waals surface area contributed by atoms with Crippen LogP contribution in [-0.4, -0.2) is 106 Å². The quantitative estimate of drug-likeness (QED) is 0.0880. The number of rotatable bonds is 16. The van der Waals surface area contributed by atoms with E-state index in [1.54, 1.807) is 24.3 Å². The number of allylic oxidation sites excluding steroid dienone is 4. The number of piperidine rings is 1. The van der Waals surface area contributed by atoms with E-state index in [1.807, 2.05) is 54.6 Å². The van der Waals surface area contributed by atoms with Gasteiger partial charge in [-0.3, -0.25) is 24.5 Å². The number of amides is 3. The number of carboxylic acid groups (broad SMARTS) is 2. The summed E-state index contributed by atoms with van der Waals surface area (Å²) in [4.78, 5) is 62.7. The van der Waals surface area contributed by atoms with E-state index in [9.17, 15) is 34.2 Å². The van der Waals surface area contributed by atoms with Crippen LogP contribution >= 0.6 is 11.6 Å². The Hall–Kier alpha value is -6.33. The SMILES string of the molecule is COc1cc(NC(=O)CCN2CCC(OC(=O)Nc3ccccc3-c3ccccc3)CC2)c(Cl)cc1CNC[C@H](O)C1=CC=C(O)C2=NC(=O)C=CC12.O=C(O)CCC(=O)O. The fourth-order valence-electron chi connectivity index (χ4n) is 6.83. The van der Waals surface area contributed by atoms with Crippen molar-refractivity contribution in [2.45, 2.75) is 50.9 Å². The van der Waals surface area contributed by atoms with E-state index in [2.05, 4.69) is 25.8 Å². The molecule has 0 aromatic heterocycles. The number of methoxy groups -OCH3 is 1. The van der Waals surface area contributed by atoms with Crippen molar-refractivity contribution >= 4 is 58.5 Å². The number of benzene rings is 3. The fourth-order valence-corrected chi connectivity index (χ4v) is 7.07. The molecular weight excluding hydrogens is 810 g/mol. The highest BCUT2D eigenvalue weighted by Crippen LogP contribution is 2.32. The highest BCUT2D eigenvalue weighted by Gasteiger charge is 2.31. The number of aliphatic hydroxyl groups is 2. The molecule has 0 bridgehead atoms. The van der Waals surface area contributed by atoms with Gasteiger partial charge >= 0.3 is 18.0 Å². The lowest BCUT2D eigenvalue weighted by Gasteiger charge is -2.31. The number of halogens is 1. The molecule has 0 spiro atoms. The molecule has 2 aliphatic heterocycles. The zero-order chi connectivity index (χ0) is 43.9. The summed E-state index contributed by atoms with van der Waals surface area (Å²) in [7, 11) is 1.52. The van der Waals surface area contributed by atoms with E-state index in [4.69, 9.17) is 31.3 Å². The van der Waals surface area contributed by atoms with Crippen LogP contribution in [0.15, 0.2) is 107 Å². The Labute approximate surface area is 357 Å². The number of carboxylic acids is 2. The summed E-state index contributed by atoms with van der Waals surface area (Å²) in [6.07, 6.45) is 5.36. The predicted molar refractivity (Wildman–Crippen MR) is 229 cm³/mol. The molecule has 2 heterocycles. The molecule has 1 saturated heterocycles. The molecule has 0 saturated carbocycles. The average molecular weight is 858 g/mol. The number of hydrogen-bond donors (Lipinski definition) is 7. The maximum Gasteiger partial charge on any atom is 0.411 e. The van der Waals surface area contributed by atoms with Gasteiger partial charge in [-0.2, -0.15) is 0 Å². The second-order valence-electron chi connectivity index (χ2n) is 14.2. The number of aliphatic imine (C=N–C) groups is 1. The molecule has 2 atom stereocenters. The van der Waals surface area contributed by atoms with Crippen molar-refractivity contribution in [1.29, 1.82) is 0 Å². The molecule has 3 amide bonds. The van der Waals surface area contributed by atoms with Gasteiger partial charge in [0.2, 0.25) is 5.91 Å². The van der Waals surface area contributed by atoms with Crippen LogP contribution < -0.4 is 20.7 Å². The second kappa shape index (κ2) is 22.3. The number of anilines is 2. The molecule has 3 aromatic carbocycles. The molecular formula is C44H48ClN5O11. The van der Waals surface area contributed by atoms with E-state index in [-0.39, 0.29) is 49.3 Å². The third-order valence-corrected chi connectivity index (χ3v) is 10.3. The van der Waals surface area contributed by atoms with Crippen molar-refractivity contribution < 1.29 is 53.9 Å². The van der Waals surface area contributed by atoms with Gasteiger partial charge in [0.1, 0.15) is 17.6 Å². The number of likely N-dealkylation sites (tertiary alicyclic amines) is 1. The van der Waals surface area contributed by atoms with Gasteiger partial charge in [0.15, 0.2) is 0 Å². The Morgan fingerprint density at radius 2 is 1.61 bits per heavy atom. The van der Waals surface area contributed by atoms with Crippen molar-refractivity contribution in [2.24, 2.45) is 10.9 Å². The van der Waals surface area contributed by atoms with Crippen LogP contribution in [0.4, 0.5) is 16.2 Å². The summed E-state index contributed by atoms with van der Waals surface area (Å²) < 4.78 is 11.3. The van der Waals surface area contributed by atoms with Gasteiger partial charge in [0.05, 0.1) is 48.2 Å². The molecule has 1 aliphatic carbocycles. The minimum atomic E-state index is -1.08. The van der Waals surface area contributed by atoms with Crippen LogP contribution in [0.5, 0.6) is 5.75 Å². The Morgan fingerprint density at radius 1 is 0.918 bits per heavy atom. The van der Waals surface area contributed by atoms with Gasteiger partial charge in [-0.25, -0.2) is 9.79 Å². The number of aliphatic carboxylic acids is 2. The monoisotopic (exact) mass is 857 g/mol. The molecule has 1 fully saturated rings. The number of aliphatic hydroxyl groups excluding tert-OH is 2. The molecule has 322 valence electrons. The molecule has 1 unspecified atom stereocenters. The summed E-state index contributed by atoms with van der Waals surface area (Å²) in [6.45, 7) is 2.41. The van der Waals surface area contributed by atoms with E-state index in [0.717, 1.165) is 16.7 Å². The lowest BCUT2D eigenvalue weighted by atomic mass is 9.84. The lowest BCUT2D eigenvalue weighted by Crippen LogP contribution is -2.39. The number of ether oxygens (including phenoxy) is 2. The molecule has 3 aromatic rings. The summed E-state index contributed by atoms with van der Waals surface area (Å²) in [6, 6.07) is 20.8. The molecule has 17 heteroatoms. The third kappa shape index (κ3) is 13.6. The predicted octanol–water partition coefficient (Wildman–Crippen LogP) is 5.98. The van der Waals surface area contributed by atoms with Crippen LogP contribution in [0.2, 0.25) is 5.02 Å². The molecule has 7 N–H and O–H groups in total. The zero-order valence-corrected chi connectivity index (χ0v) is 34.1. The van der Waals surface area contributed by atoms with E-state index in [0.29, 0.717) is 66.7 Å². The van der Waals surface area contributed by atoms with Crippen LogP contribution in [0.25, 0.3) is 11.1 Å². The van der Waals surface area contributed by atoms with Crippen molar-refractivity contribution in [2.75, 3.05) is 43.9 Å². The summed E-state index contributed by atoms with van der Waals surface area (Å²) in [5.41, 5.74) is 4.58. The van der Waals surface area contributed by atoms with Crippen molar-refractivity contribution in [3.63, 3.8) is 0 Å². The summed E-state index contributed by atoms with van der Waals surface area (Å²) >= 11 is 6.57. The molecule has 0 radical (unpaired) electrons. The first kappa shape index (κ1) is 45.7. The molecule has 6 rings (SSSR count). The number of carbonyl (C=O) groups is 5. The minimum absolute atomic E-state index is 0.0986. The number of para-hydroxylation sites is 1. The average Bonchev–Trinajstić information content (AvgIpc) is 3.24. The Balaban J connectivity index is 0.000000800. The number of dihydropyridines is 1. The second-order valence-corrected chi connectivity index (χ2v) is 14.7. The minimum Gasteiger partial charge on any atom is -0.506 e. The van der Waals surface area contributed by atoms with Crippen molar-refractivity contribution in [3.05, 3.63) is 113 Å². The van der Waals surface area contributed by atoms with E-state index < -0.39 is 36.0 Å². The lowest BCUT2D eigenvalue weighted by molar-refractivity contribution is -0.143. The number of hydrogen-bond acceptors (Lipinski definition) is 11. The maximum atomic E-state index is 12.9. The summed E-state index contributed by atoms with van der Waals surface area (Å²) in [5.74, 6) is -2.89. The van der Waals surface area contributed by atoms with Gasteiger partial charge in [-0.05, 0) is 42.2 Å². The Kier molecular flexibility index (Phi) is 16.7. The van der Waals surface area contributed by atoms with Gasteiger partial charge in [-0.15, -0.1) is 0 Å². The fraction of sp³-hybridized carbons (Fsp3) is 0.318. The summed E-state index contributed by atoms with van der Waals surface area (Å²) in [5, 5.41) is 46.2. The molecule has 3 aliphatic rings. The van der Waals surface area contributed by atoms with Gasteiger partial charge in [0, 0.05) is 68.3 Å².